The van der Waals surface area contributed by atoms with Gasteiger partial charge >= 0.3 is 7.05 Å². The molecule has 0 aliphatic heterocycles. The van der Waals surface area contributed by atoms with Crippen molar-refractivity contribution in [2.75, 3.05) is 26.2 Å². The molecule has 0 heterocycles. The molecule has 0 unspecified atom stereocenters. The molecule has 0 saturated carbocycles. The zero-order valence-corrected chi connectivity index (χ0v) is 9.98. The van der Waals surface area contributed by atoms with Gasteiger partial charge in [-0.3, -0.25) is 4.79 Å². The van der Waals surface area contributed by atoms with E-state index in [9.17, 15) is 9.82 Å². The van der Waals surface area contributed by atoms with E-state index in [-0.39, 0.29) is 0 Å². The van der Waals surface area contributed by atoms with Crippen molar-refractivity contribution in [2.24, 2.45) is 5.73 Å². The molecule has 0 spiro atoms. The molecule has 0 aliphatic carbocycles. The number of carbonyl (C=O) groups is 1. The standard InChI is InChI=1S/C9H21B2N3O2/c1-11(16)14(8-4-5-12)7-3-2-6-13-9(10)15/h16H,2-8,12H2,1H3,(H,13,15). The lowest BCUT2D eigenvalue weighted by Crippen LogP contribution is -2.39. The van der Waals surface area contributed by atoms with Crippen LogP contribution in [0.5, 0.6) is 0 Å². The fourth-order valence-corrected chi connectivity index (χ4v) is 1.43. The van der Waals surface area contributed by atoms with Crippen LogP contribution in [0, 0.1) is 0 Å². The highest BCUT2D eigenvalue weighted by molar-refractivity contribution is 6.57. The Bertz CT molecular complexity index is 194. The molecule has 0 aromatic carbocycles. The van der Waals surface area contributed by atoms with Crippen molar-refractivity contribution in [3.8, 4) is 0 Å². The summed E-state index contributed by atoms with van der Waals surface area (Å²) in [5, 5.41) is 12.0. The quantitative estimate of drug-likeness (QED) is 0.361. The Balaban J connectivity index is 3.55. The van der Waals surface area contributed by atoms with Crippen molar-refractivity contribution in [3.05, 3.63) is 0 Å². The van der Waals surface area contributed by atoms with E-state index in [1.807, 2.05) is 4.81 Å². The highest BCUT2D eigenvalue weighted by Gasteiger charge is 2.14. The molecule has 1 amide bonds. The predicted molar refractivity (Wildman–Crippen MR) is 67.5 cm³/mol. The molecule has 90 valence electrons. The van der Waals surface area contributed by atoms with E-state index in [4.69, 9.17) is 13.6 Å². The van der Waals surface area contributed by atoms with Gasteiger partial charge in [0.05, 0.1) is 0 Å². The van der Waals surface area contributed by atoms with Crippen LogP contribution < -0.4 is 11.1 Å². The highest BCUT2D eigenvalue weighted by Crippen LogP contribution is 1.98. The van der Waals surface area contributed by atoms with Crippen LogP contribution in [0.3, 0.4) is 0 Å². The Morgan fingerprint density at radius 1 is 1.44 bits per heavy atom. The maximum atomic E-state index is 10.4. The monoisotopic (exact) mass is 225 g/mol. The first kappa shape index (κ1) is 15.5. The Morgan fingerprint density at radius 2 is 2.06 bits per heavy atom. The molecule has 0 fully saturated rings. The molecular weight excluding hydrogens is 204 g/mol. The minimum Gasteiger partial charge on any atom is -0.437 e. The second-order valence-corrected chi connectivity index (χ2v) is 3.81. The summed E-state index contributed by atoms with van der Waals surface area (Å²) >= 11 is 0. The molecule has 4 N–H and O–H groups in total. The molecule has 16 heavy (non-hydrogen) atoms. The van der Waals surface area contributed by atoms with Gasteiger partial charge in [0.15, 0.2) is 13.7 Å². The van der Waals surface area contributed by atoms with Crippen LogP contribution >= 0.6 is 0 Å². The average Bonchev–Trinajstić information content (AvgIpc) is 2.21. The van der Waals surface area contributed by atoms with E-state index in [2.05, 4.69) is 5.32 Å². The summed E-state index contributed by atoms with van der Waals surface area (Å²) in [5.74, 6) is -0.490. The Hall–Kier alpha value is -0.520. The summed E-state index contributed by atoms with van der Waals surface area (Å²) in [4.78, 5) is 12.4. The Kier molecular flexibility index (Phi) is 9.37. The summed E-state index contributed by atoms with van der Waals surface area (Å²) in [6.07, 6.45) is 2.65. The lowest BCUT2D eigenvalue weighted by molar-refractivity contribution is 0.259. The van der Waals surface area contributed by atoms with Gasteiger partial charge in [0.2, 0.25) is 0 Å². The van der Waals surface area contributed by atoms with E-state index in [1.165, 1.54) is 0 Å². The first-order valence-corrected chi connectivity index (χ1v) is 5.73. The van der Waals surface area contributed by atoms with Crippen LogP contribution in [0.15, 0.2) is 0 Å². The van der Waals surface area contributed by atoms with Crippen LogP contribution in [-0.4, -0.2) is 56.7 Å². The van der Waals surface area contributed by atoms with E-state index >= 15 is 0 Å². The van der Waals surface area contributed by atoms with Crippen molar-refractivity contribution in [1.29, 1.82) is 0 Å². The summed E-state index contributed by atoms with van der Waals surface area (Å²) in [5.41, 5.74) is 5.42. The summed E-state index contributed by atoms with van der Waals surface area (Å²) in [6, 6.07) is 0. The largest absolute Gasteiger partial charge is 0.437 e. The number of rotatable bonds is 9. The van der Waals surface area contributed by atoms with E-state index in [0.717, 1.165) is 32.4 Å². The second-order valence-electron chi connectivity index (χ2n) is 3.81. The van der Waals surface area contributed by atoms with Gasteiger partial charge in [0, 0.05) is 6.54 Å². The number of unbranched alkanes of at least 4 members (excludes halogenated alkanes) is 1. The number of amides is 1. The van der Waals surface area contributed by atoms with Gasteiger partial charge in [-0.25, -0.2) is 0 Å². The predicted octanol–water partition coefficient (Wildman–Crippen LogP) is -0.594. The maximum Gasteiger partial charge on any atom is 0.376 e. The molecule has 0 saturated heterocycles. The molecular formula is C9H21B2N3O2. The molecule has 0 aliphatic rings. The maximum absolute atomic E-state index is 10.4. The van der Waals surface area contributed by atoms with Gasteiger partial charge in [0.25, 0.3) is 0 Å². The topological polar surface area (TPSA) is 78.6 Å². The lowest BCUT2D eigenvalue weighted by Gasteiger charge is -2.22. The van der Waals surface area contributed by atoms with Crippen LogP contribution in [0.2, 0.25) is 6.82 Å². The van der Waals surface area contributed by atoms with E-state index in [1.54, 1.807) is 6.82 Å². The molecule has 0 aromatic rings. The SMILES string of the molecule is [B]C(=O)NCCCCN(CCCN)B(C)O. The number of hydrogen-bond donors (Lipinski definition) is 3. The fraction of sp³-hybridized carbons (Fsp3) is 0.889. The van der Waals surface area contributed by atoms with Crippen LogP contribution in [-0.2, 0) is 0 Å². The van der Waals surface area contributed by atoms with Crippen molar-refractivity contribution in [2.45, 2.75) is 26.1 Å². The lowest BCUT2D eigenvalue weighted by atomic mass is 9.84. The second kappa shape index (κ2) is 9.69. The van der Waals surface area contributed by atoms with Crippen LogP contribution in [0.25, 0.3) is 0 Å². The number of nitrogens with one attached hydrogen (secondary N) is 1. The molecule has 5 nitrogen and oxygen atoms in total. The minimum absolute atomic E-state index is 0.448. The van der Waals surface area contributed by atoms with Gasteiger partial charge in [0.1, 0.15) is 0 Å². The Labute approximate surface area is 99.3 Å². The first-order chi connectivity index (χ1) is 7.57. The van der Waals surface area contributed by atoms with Crippen LogP contribution in [0.1, 0.15) is 19.3 Å². The van der Waals surface area contributed by atoms with E-state index < -0.39 is 12.9 Å². The van der Waals surface area contributed by atoms with Gasteiger partial charge in [-0.2, -0.15) is 0 Å². The van der Waals surface area contributed by atoms with Gasteiger partial charge in [-0.05, 0) is 45.7 Å². The number of nitrogens with zero attached hydrogens (tertiary/aromatic N) is 1. The molecule has 0 bridgehead atoms. The molecule has 2 radical (unpaired) electrons. The van der Waals surface area contributed by atoms with Crippen LogP contribution in [0.4, 0.5) is 4.79 Å². The third-order valence-corrected chi connectivity index (χ3v) is 2.35. The summed E-state index contributed by atoms with van der Waals surface area (Å²) in [7, 11) is 4.49. The van der Waals surface area contributed by atoms with Gasteiger partial charge in [-0.15, -0.1) is 0 Å². The minimum atomic E-state index is -0.490. The number of carbonyl (C=O) groups excluding carboxylic acids is 1. The zero-order chi connectivity index (χ0) is 12.4. The highest BCUT2D eigenvalue weighted by atomic mass is 16.2. The van der Waals surface area contributed by atoms with Crippen molar-refractivity contribution < 1.29 is 9.82 Å². The Morgan fingerprint density at radius 3 is 2.56 bits per heavy atom. The average molecular weight is 225 g/mol. The fourth-order valence-electron chi connectivity index (χ4n) is 1.43. The third-order valence-electron chi connectivity index (χ3n) is 2.35. The van der Waals surface area contributed by atoms with Crippen molar-refractivity contribution in [1.82, 2.24) is 10.1 Å². The zero-order valence-electron chi connectivity index (χ0n) is 9.98. The van der Waals surface area contributed by atoms with Crippen molar-refractivity contribution >= 4 is 20.7 Å². The molecule has 0 atom stereocenters. The normalized spacial score (nSPS) is 10.5. The van der Waals surface area contributed by atoms with E-state index in [0.29, 0.717) is 13.1 Å². The number of nitrogens with two attached hydrogens (primary N) is 1. The first-order valence-electron chi connectivity index (χ1n) is 5.73. The smallest absolute Gasteiger partial charge is 0.376 e. The molecule has 0 aromatic heterocycles. The molecule has 7 heteroatoms. The summed E-state index contributed by atoms with van der Waals surface area (Å²) < 4.78 is 0. The van der Waals surface area contributed by atoms with Gasteiger partial charge < -0.3 is 20.9 Å². The third kappa shape index (κ3) is 8.76. The van der Waals surface area contributed by atoms with Gasteiger partial charge in [-0.1, -0.05) is 0 Å². The molecule has 0 rings (SSSR count). The summed E-state index contributed by atoms with van der Waals surface area (Å²) in [6.45, 7) is 4.57. The number of hydrogen-bond acceptors (Lipinski definition) is 4. The van der Waals surface area contributed by atoms with Crippen molar-refractivity contribution in [3.63, 3.8) is 0 Å².